The van der Waals surface area contributed by atoms with Crippen molar-refractivity contribution in [2.24, 2.45) is 0 Å². The Labute approximate surface area is 107 Å². The maximum Gasteiger partial charge on any atom is 0.105 e. The number of aliphatic hydroxyl groups is 1. The molecule has 0 unspecified atom stereocenters. The van der Waals surface area contributed by atoms with Gasteiger partial charge in [0.1, 0.15) is 6.10 Å². The van der Waals surface area contributed by atoms with Gasteiger partial charge in [-0.15, -0.1) is 0 Å². The molecule has 2 rings (SSSR count). The standard InChI is InChI=1S/C15H15ClO/c1-10-7-8-12(9-11(10)2)15(17)13-5-3-4-6-14(13)16/h3-9,15,17H,1-2H3/t15-/m0/s1. The molecule has 0 radical (unpaired) electrons. The molecule has 0 aliphatic rings. The van der Waals surface area contributed by atoms with E-state index in [4.69, 9.17) is 11.6 Å². The summed E-state index contributed by atoms with van der Waals surface area (Å²) >= 11 is 6.08. The van der Waals surface area contributed by atoms with E-state index in [0.29, 0.717) is 5.02 Å². The first-order valence-corrected chi connectivity index (χ1v) is 5.97. The minimum atomic E-state index is -0.664. The molecule has 0 saturated carbocycles. The van der Waals surface area contributed by atoms with Crippen LogP contribution >= 0.6 is 11.6 Å². The SMILES string of the molecule is Cc1ccc([C@H](O)c2ccccc2Cl)cc1C. The van der Waals surface area contributed by atoms with Crippen LogP contribution in [0.2, 0.25) is 5.02 Å². The third-order valence-electron chi connectivity index (χ3n) is 3.05. The van der Waals surface area contributed by atoms with Gasteiger partial charge < -0.3 is 5.11 Å². The zero-order valence-electron chi connectivity index (χ0n) is 9.94. The largest absolute Gasteiger partial charge is 0.384 e. The molecule has 0 spiro atoms. The van der Waals surface area contributed by atoms with Gasteiger partial charge in [-0.1, -0.05) is 48.0 Å². The van der Waals surface area contributed by atoms with Crippen LogP contribution in [-0.4, -0.2) is 5.11 Å². The minimum absolute atomic E-state index is 0.596. The van der Waals surface area contributed by atoms with Crippen molar-refractivity contribution < 1.29 is 5.11 Å². The number of halogens is 1. The van der Waals surface area contributed by atoms with E-state index >= 15 is 0 Å². The van der Waals surface area contributed by atoms with Gasteiger partial charge in [0.05, 0.1) is 0 Å². The fourth-order valence-corrected chi connectivity index (χ4v) is 2.05. The van der Waals surface area contributed by atoms with Crippen molar-refractivity contribution in [3.8, 4) is 0 Å². The van der Waals surface area contributed by atoms with Gasteiger partial charge in [0.15, 0.2) is 0 Å². The topological polar surface area (TPSA) is 20.2 Å². The monoisotopic (exact) mass is 246 g/mol. The van der Waals surface area contributed by atoms with E-state index in [1.165, 1.54) is 11.1 Å². The highest BCUT2D eigenvalue weighted by Crippen LogP contribution is 2.28. The number of aliphatic hydroxyl groups excluding tert-OH is 1. The average molecular weight is 247 g/mol. The molecule has 1 nitrogen and oxygen atoms in total. The molecule has 0 bridgehead atoms. The van der Waals surface area contributed by atoms with E-state index in [9.17, 15) is 5.11 Å². The molecule has 0 aromatic heterocycles. The first kappa shape index (κ1) is 12.2. The van der Waals surface area contributed by atoms with Crippen molar-refractivity contribution in [1.82, 2.24) is 0 Å². The first-order valence-electron chi connectivity index (χ1n) is 5.59. The van der Waals surface area contributed by atoms with E-state index in [1.54, 1.807) is 6.07 Å². The van der Waals surface area contributed by atoms with E-state index in [2.05, 4.69) is 6.92 Å². The highest BCUT2D eigenvalue weighted by molar-refractivity contribution is 6.31. The highest BCUT2D eigenvalue weighted by atomic mass is 35.5. The third-order valence-corrected chi connectivity index (χ3v) is 3.39. The van der Waals surface area contributed by atoms with Gasteiger partial charge in [-0.05, 0) is 36.6 Å². The molecule has 2 heteroatoms. The zero-order valence-corrected chi connectivity index (χ0v) is 10.7. The van der Waals surface area contributed by atoms with Crippen LogP contribution in [0, 0.1) is 13.8 Å². The summed E-state index contributed by atoms with van der Waals surface area (Å²) < 4.78 is 0. The Hall–Kier alpha value is -1.31. The molecule has 1 N–H and O–H groups in total. The second-order valence-corrected chi connectivity index (χ2v) is 4.67. The Morgan fingerprint density at radius 1 is 1.00 bits per heavy atom. The van der Waals surface area contributed by atoms with Crippen molar-refractivity contribution in [3.05, 3.63) is 69.7 Å². The molecule has 0 fully saturated rings. The Bertz CT molecular complexity index is 534. The van der Waals surface area contributed by atoms with E-state index in [-0.39, 0.29) is 0 Å². The van der Waals surface area contributed by atoms with Gasteiger partial charge in [0, 0.05) is 10.6 Å². The van der Waals surface area contributed by atoms with Crippen LogP contribution in [0.25, 0.3) is 0 Å². The van der Waals surface area contributed by atoms with Gasteiger partial charge in [0.2, 0.25) is 0 Å². The number of hydrogen-bond donors (Lipinski definition) is 1. The average Bonchev–Trinajstić information content (AvgIpc) is 2.32. The molecule has 0 amide bonds. The summed E-state index contributed by atoms with van der Waals surface area (Å²) in [6, 6.07) is 13.3. The summed E-state index contributed by atoms with van der Waals surface area (Å²) in [6.45, 7) is 4.10. The number of rotatable bonds is 2. The molecular weight excluding hydrogens is 232 g/mol. The molecular formula is C15H15ClO. The molecule has 17 heavy (non-hydrogen) atoms. The van der Waals surface area contributed by atoms with Crippen LogP contribution in [0.15, 0.2) is 42.5 Å². The van der Waals surface area contributed by atoms with Crippen LogP contribution < -0.4 is 0 Å². The Balaban J connectivity index is 2.40. The molecule has 0 heterocycles. The quantitative estimate of drug-likeness (QED) is 0.848. The number of hydrogen-bond acceptors (Lipinski definition) is 1. The Morgan fingerprint density at radius 3 is 2.35 bits per heavy atom. The lowest BCUT2D eigenvalue weighted by atomic mass is 9.98. The van der Waals surface area contributed by atoms with Crippen molar-refractivity contribution in [2.45, 2.75) is 20.0 Å². The summed E-state index contributed by atoms with van der Waals surface area (Å²) in [4.78, 5) is 0. The second-order valence-electron chi connectivity index (χ2n) is 4.27. The fraction of sp³-hybridized carbons (Fsp3) is 0.200. The molecule has 0 saturated heterocycles. The lowest BCUT2D eigenvalue weighted by Gasteiger charge is -2.14. The molecule has 1 atom stereocenters. The molecule has 88 valence electrons. The smallest absolute Gasteiger partial charge is 0.105 e. The zero-order chi connectivity index (χ0) is 12.4. The first-order chi connectivity index (χ1) is 8.09. The summed E-state index contributed by atoms with van der Waals surface area (Å²) in [6.07, 6.45) is -0.664. The normalized spacial score (nSPS) is 12.5. The van der Waals surface area contributed by atoms with Gasteiger partial charge in [-0.3, -0.25) is 0 Å². The fourth-order valence-electron chi connectivity index (χ4n) is 1.81. The van der Waals surface area contributed by atoms with Gasteiger partial charge in [-0.2, -0.15) is 0 Å². The van der Waals surface area contributed by atoms with Gasteiger partial charge in [0.25, 0.3) is 0 Å². The second kappa shape index (κ2) is 4.91. The summed E-state index contributed by atoms with van der Waals surface area (Å²) in [5, 5.41) is 10.9. The molecule has 2 aromatic carbocycles. The lowest BCUT2D eigenvalue weighted by molar-refractivity contribution is 0.220. The van der Waals surface area contributed by atoms with E-state index in [0.717, 1.165) is 11.1 Å². The van der Waals surface area contributed by atoms with Crippen LogP contribution in [0.5, 0.6) is 0 Å². The third kappa shape index (κ3) is 2.51. The number of aryl methyl sites for hydroxylation is 2. The highest BCUT2D eigenvalue weighted by Gasteiger charge is 2.13. The Kier molecular flexibility index (Phi) is 3.51. The number of benzene rings is 2. The Morgan fingerprint density at radius 2 is 1.71 bits per heavy atom. The van der Waals surface area contributed by atoms with Crippen LogP contribution in [0.1, 0.15) is 28.4 Å². The predicted octanol–water partition coefficient (Wildman–Crippen LogP) is 4.04. The minimum Gasteiger partial charge on any atom is -0.384 e. The predicted molar refractivity (Wildman–Crippen MR) is 71.4 cm³/mol. The molecule has 2 aromatic rings. The van der Waals surface area contributed by atoms with Crippen molar-refractivity contribution in [1.29, 1.82) is 0 Å². The van der Waals surface area contributed by atoms with Crippen LogP contribution in [0.4, 0.5) is 0 Å². The maximum absolute atomic E-state index is 10.3. The van der Waals surface area contributed by atoms with Crippen molar-refractivity contribution >= 4 is 11.6 Å². The summed E-state index contributed by atoms with van der Waals surface area (Å²) in [7, 11) is 0. The van der Waals surface area contributed by atoms with Crippen LogP contribution in [-0.2, 0) is 0 Å². The summed E-state index contributed by atoms with van der Waals surface area (Å²) in [5.41, 5.74) is 4.02. The van der Waals surface area contributed by atoms with Crippen molar-refractivity contribution in [2.75, 3.05) is 0 Å². The van der Waals surface area contributed by atoms with Crippen LogP contribution in [0.3, 0.4) is 0 Å². The molecule has 0 aliphatic heterocycles. The molecule has 0 aliphatic carbocycles. The van der Waals surface area contributed by atoms with Crippen molar-refractivity contribution in [3.63, 3.8) is 0 Å². The van der Waals surface area contributed by atoms with E-state index in [1.807, 2.05) is 43.3 Å². The van der Waals surface area contributed by atoms with Gasteiger partial charge in [-0.25, -0.2) is 0 Å². The van der Waals surface area contributed by atoms with Gasteiger partial charge >= 0.3 is 0 Å². The summed E-state index contributed by atoms with van der Waals surface area (Å²) in [5.74, 6) is 0. The maximum atomic E-state index is 10.3. The van der Waals surface area contributed by atoms with E-state index < -0.39 is 6.10 Å². The lowest BCUT2D eigenvalue weighted by Crippen LogP contribution is -2.01.